The molecule has 154 valence electrons. The molecule has 3 N–H and O–H groups in total. The molecule has 0 saturated carbocycles. The molecule has 1 aromatic rings. The van der Waals surface area contributed by atoms with Gasteiger partial charge in [0.25, 0.3) is 5.91 Å². The molecular weight excluding hydrogens is 453 g/mol. The lowest BCUT2D eigenvalue weighted by Gasteiger charge is -2.13. The number of halogens is 1. The van der Waals surface area contributed by atoms with Gasteiger partial charge in [-0.15, -0.1) is 24.0 Å². The number of carbonyl (C=O) groups excluding carboxylic acids is 1. The molecule has 27 heavy (non-hydrogen) atoms. The van der Waals surface area contributed by atoms with Gasteiger partial charge in [0.05, 0.1) is 6.54 Å². The van der Waals surface area contributed by atoms with E-state index in [-0.39, 0.29) is 29.9 Å². The van der Waals surface area contributed by atoms with Crippen LogP contribution in [0.1, 0.15) is 43.1 Å². The number of hydrogen-bond donors (Lipinski definition) is 3. The molecule has 0 fully saturated rings. The normalized spacial score (nSPS) is 11.3. The first-order valence-corrected chi connectivity index (χ1v) is 9.46. The molecule has 0 aliphatic heterocycles. The second kappa shape index (κ2) is 14.7. The number of aliphatic imine (C=N–C) groups is 1. The second-order valence-electron chi connectivity index (χ2n) is 7.06. The average Bonchev–Trinajstić information content (AvgIpc) is 2.59. The first-order valence-electron chi connectivity index (χ1n) is 9.46. The van der Waals surface area contributed by atoms with Gasteiger partial charge in [-0.1, -0.05) is 26.0 Å². The summed E-state index contributed by atoms with van der Waals surface area (Å²) in [5, 5.41) is 9.55. The van der Waals surface area contributed by atoms with E-state index in [9.17, 15) is 4.79 Å². The predicted molar refractivity (Wildman–Crippen MR) is 125 cm³/mol. The quantitative estimate of drug-likeness (QED) is 0.269. The SMILES string of the molecule is CCNC(=NCc1cccc(C(=O)NCCN(C)C)c1)NCCC(C)C.I. The van der Waals surface area contributed by atoms with Crippen molar-refractivity contribution in [2.75, 3.05) is 40.3 Å². The number of rotatable bonds is 10. The Bertz CT molecular complexity index is 575. The molecule has 0 saturated heterocycles. The maximum absolute atomic E-state index is 12.2. The maximum Gasteiger partial charge on any atom is 0.251 e. The molecule has 0 aliphatic carbocycles. The number of nitrogens with one attached hydrogen (secondary N) is 3. The molecule has 0 aromatic heterocycles. The molecule has 0 bridgehead atoms. The van der Waals surface area contributed by atoms with E-state index in [1.54, 1.807) is 0 Å². The highest BCUT2D eigenvalue weighted by Crippen LogP contribution is 2.07. The molecule has 7 heteroatoms. The zero-order valence-electron chi connectivity index (χ0n) is 17.3. The van der Waals surface area contributed by atoms with Gasteiger partial charge < -0.3 is 20.9 Å². The standard InChI is InChI=1S/C20H35N5O.HI/c1-6-21-20(23-11-10-16(2)3)24-15-17-8-7-9-18(14-17)19(26)22-12-13-25(4)5;/h7-9,14,16H,6,10-13,15H2,1-5H3,(H,22,26)(H2,21,23,24);1H. The van der Waals surface area contributed by atoms with Crippen molar-refractivity contribution in [1.82, 2.24) is 20.9 Å². The van der Waals surface area contributed by atoms with Gasteiger partial charge in [0, 0.05) is 31.7 Å². The lowest BCUT2D eigenvalue weighted by molar-refractivity contribution is 0.0951. The van der Waals surface area contributed by atoms with Crippen molar-refractivity contribution in [2.24, 2.45) is 10.9 Å². The Morgan fingerprint density at radius 3 is 2.52 bits per heavy atom. The fourth-order valence-electron chi connectivity index (χ4n) is 2.30. The van der Waals surface area contributed by atoms with E-state index in [4.69, 9.17) is 0 Å². The lowest BCUT2D eigenvalue weighted by atomic mass is 10.1. The maximum atomic E-state index is 12.2. The van der Waals surface area contributed by atoms with E-state index in [0.29, 0.717) is 24.6 Å². The van der Waals surface area contributed by atoms with E-state index in [0.717, 1.165) is 37.6 Å². The molecule has 0 atom stereocenters. The smallest absolute Gasteiger partial charge is 0.251 e. The summed E-state index contributed by atoms with van der Waals surface area (Å²) in [6.07, 6.45) is 1.10. The molecule has 1 rings (SSSR count). The van der Waals surface area contributed by atoms with Crippen LogP contribution in [0, 0.1) is 5.92 Å². The highest BCUT2D eigenvalue weighted by Gasteiger charge is 2.06. The Balaban J connectivity index is 0.00000676. The topological polar surface area (TPSA) is 68.8 Å². The summed E-state index contributed by atoms with van der Waals surface area (Å²) < 4.78 is 0. The third kappa shape index (κ3) is 11.9. The number of guanidine groups is 1. The summed E-state index contributed by atoms with van der Waals surface area (Å²) in [6, 6.07) is 7.65. The molecule has 0 aliphatic rings. The van der Waals surface area contributed by atoms with E-state index >= 15 is 0 Å². The van der Waals surface area contributed by atoms with Gasteiger partial charge in [0.1, 0.15) is 0 Å². The van der Waals surface area contributed by atoms with Gasteiger partial charge in [-0.25, -0.2) is 4.99 Å². The van der Waals surface area contributed by atoms with Crippen molar-refractivity contribution in [3.8, 4) is 0 Å². The molecule has 0 unspecified atom stereocenters. The summed E-state index contributed by atoms with van der Waals surface area (Å²) >= 11 is 0. The van der Waals surface area contributed by atoms with Gasteiger partial charge in [-0.2, -0.15) is 0 Å². The van der Waals surface area contributed by atoms with Crippen LogP contribution in [-0.2, 0) is 6.54 Å². The van der Waals surface area contributed by atoms with E-state index in [1.807, 2.05) is 43.3 Å². The Kier molecular flexibility index (Phi) is 13.9. The number of likely N-dealkylation sites (N-methyl/N-ethyl adjacent to an activating group) is 1. The monoisotopic (exact) mass is 489 g/mol. The van der Waals surface area contributed by atoms with Crippen molar-refractivity contribution in [2.45, 2.75) is 33.7 Å². The number of nitrogens with zero attached hydrogens (tertiary/aromatic N) is 2. The zero-order valence-corrected chi connectivity index (χ0v) is 19.7. The summed E-state index contributed by atoms with van der Waals surface area (Å²) in [7, 11) is 3.98. The van der Waals surface area contributed by atoms with Crippen LogP contribution >= 0.6 is 24.0 Å². The van der Waals surface area contributed by atoms with Gasteiger partial charge >= 0.3 is 0 Å². The Morgan fingerprint density at radius 1 is 1.15 bits per heavy atom. The van der Waals surface area contributed by atoms with Crippen LogP contribution < -0.4 is 16.0 Å². The molecular formula is C20H36IN5O. The van der Waals surface area contributed by atoms with Crippen LogP contribution in [0.3, 0.4) is 0 Å². The minimum Gasteiger partial charge on any atom is -0.357 e. The summed E-state index contributed by atoms with van der Waals surface area (Å²) in [6.45, 7) is 10.2. The average molecular weight is 489 g/mol. The molecule has 1 aromatic carbocycles. The van der Waals surface area contributed by atoms with Crippen LogP contribution in [0.5, 0.6) is 0 Å². The predicted octanol–water partition coefficient (Wildman–Crippen LogP) is 2.70. The van der Waals surface area contributed by atoms with Crippen molar-refractivity contribution in [3.63, 3.8) is 0 Å². The van der Waals surface area contributed by atoms with Gasteiger partial charge in [-0.05, 0) is 51.1 Å². The van der Waals surface area contributed by atoms with Gasteiger partial charge in [-0.3, -0.25) is 4.79 Å². The third-order valence-electron chi connectivity index (χ3n) is 3.81. The summed E-state index contributed by atoms with van der Waals surface area (Å²) in [4.78, 5) is 18.9. The Labute approximate surface area is 181 Å². The van der Waals surface area contributed by atoms with E-state index < -0.39 is 0 Å². The van der Waals surface area contributed by atoms with Crippen molar-refractivity contribution < 1.29 is 4.79 Å². The van der Waals surface area contributed by atoms with Crippen LogP contribution in [0.4, 0.5) is 0 Å². The number of benzene rings is 1. The fraction of sp³-hybridized carbons (Fsp3) is 0.600. The zero-order chi connectivity index (χ0) is 19.4. The molecule has 0 radical (unpaired) electrons. The molecule has 0 heterocycles. The molecule has 6 nitrogen and oxygen atoms in total. The third-order valence-corrected chi connectivity index (χ3v) is 3.81. The van der Waals surface area contributed by atoms with Crippen molar-refractivity contribution in [3.05, 3.63) is 35.4 Å². The van der Waals surface area contributed by atoms with E-state index in [1.165, 1.54) is 0 Å². The molecule has 0 spiro atoms. The summed E-state index contributed by atoms with van der Waals surface area (Å²) in [5.74, 6) is 1.43. The minimum atomic E-state index is -0.0420. The summed E-state index contributed by atoms with van der Waals surface area (Å²) in [5.41, 5.74) is 1.69. The minimum absolute atomic E-state index is 0. The number of hydrogen-bond acceptors (Lipinski definition) is 3. The number of carbonyl (C=O) groups is 1. The lowest BCUT2D eigenvalue weighted by Crippen LogP contribution is -2.38. The Hall–Kier alpha value is -1.35. The van der Waals surface area contributed by atoms with Crippen LogP contribution in [0.15, 0.2) is 29.3 Å². The number of amides is 1. The van der Waals surface area contributed by atoms with Crippen LogP contribution in [-0.4, -0.2) is 57.0 Å². The van der Waals surface area contributed by atoms with Gasteiger partial charge in [0.15, 0.2) is 5.96 Å². The van der Waals surface area contributed by atoms with Gasteiger partial charge in [0.2, 0.25) is 0 Å². The first-order chi connectivity index (χ1) is 12.4. The highest BCUT2D eigenvalue weighted by molar-refractivity contribution is 14.0. The second-order valence-corrected chi connectivity index (χ2v) is 7.06. The van der Waals surface area contributed by atoms with Crippen LogP contribution in [0.25, 0.3) is 0 Å². The van der Waals surface area contributed by atoms with E-state index in [2.05, 4.69) is 41.7 Å². The fourth-order valence-corrected chi connectivity index (χ4v) is 2.30. The largest absolute Gasteiger partial charge is 0.357 e. The highest BCUT2D eigenvalue weighted by atomic mass is 127. The van der Waals surface area contributed by atoms with Crippen LogP contribution in [0.2, 0.25) is 0 Å². The molecule has 1 amide bonds. The Morgan fingerprint density at radius 2 is 1.89 bits per heavy atom. The van der Waals surface area contributed by atoms with Crippen molar-refractivity contribution >= 4 is 35.8 Å². The first kappa shape index (κ1) is 25.6. The van der Waals surface area contributed by atoms with Crippen molar-refractivity contribution in [1.29, 1.82) is 0 Å².